The second kappa shape index (κ2) is 5.27. The first-order valence-electron chi connectivity index (χ1n) is 5.40. The van der Waals surface area contributed by atoms with Crippen molar-refractivity contribution >= 4 is 17.2 Å². The molecule has 0 unspecified atom stereocenters. The number of aromatic nitrogens is 1. The summed E-state index contributed by atoms with van der Waals surface area (Å²) < 4.78 is 1.46. The molecule has 1 aliphatic heterocycles. The van der Waals surface area contributed by atoms with Gasteiger partial charge in [0.2, 0.25) is 5.91 Å². The van der Waals surface area contributed by atoms with Gasteiger partial charge in [-0.1, -0.05) is 11.3 Å². The van der Waals surface area contributed by atoms with E-state index in [2.05, 4.69) is 5.32 Å². The third kappa shape index (κ3) is 2.70. The predicted octanol–water partition coefficient (Wildman–Crippen LogP) is -0.268. The molecule has 88 valence electrons. The van der Waals surface area contributed by atoms with Crippen LogP contribution in [0.1, 0.15) is 6.42 Å². The fraction of sp³-hybridized carbons (Fsp3) is 0.600. The number of amides is 1. The molecule has 2 rings (SSSR count). The molecule has 2 heterocycles. The molecule has 0 bridgehead atoms. The predicted molar refractivity (Wildman–Crippen MR) is 62.6 cm³/mol. The third-order valence-electron chi connectivity index (χ3n) is 2.64. The summed E-state index contributed by atoms with van der Waals surface area (Å²) in [5, 5.41) is 4.95. The van der Waals surface area contributed by atoms with E-state index in [9.17, 15) is 9.59 Å². The highest BCUT2D eigenvalue weighted by molar-refractivity contribution is 7.07. The Labute approximate surface area is 97.7 Å². The van der Waals surface area contributed by atoms with E-state index in [0.29, 0.717) is 0 Å². The average molecular weight is 241 g/mol. The Kier molecular flexibility index (Phi) is 3.74. The molecule has 1 saturated heterocycles. The van der Waals surface area contributed by atoms with Gasteiger partial charge in [0.15, 0.2) is 0 Å². The number of nitrogens with zero attached hydrogens (tertiary/aromatic N) is 2. The Morgan fingerprint density at radius 2 is 2.31 bits per heavy atom. The van der Waals surface area contributed by atoms with Crippen LogP contribution in [0.25, 0.3) is 0 Å². The van der Waals surface area contributed by atoms with E-state index in [1.54, 1.807) is 11.6 Å². The molecule has 1 aliphatic rings. The zero-order valence-corrected chi connectivity index (χ0v) is 9.83. The van der Waals surface area contributed by atoms with Gasteiger partial charge in [0.05, 0.1) is 0 Å². The molecule has 16 heavy (non-hydrogen) atoms. The third-order valence-corrected chi connectivity index (χ3v) is 3.34. The molecule has 1 aromatic rings. The first-order chi connectivity index (χ1) is 7.77. The maximum Gasteiger partial charge on any atom is 0.307 e. The van der Waals surface area contributed by atoms with Gasteiger partial charge in [-0.15, -0.1) is 0 Å². The second-order valence-electron chi connectivity index (χ2n) is 3.78. The van der Waals surface area contributed by atoms with Crippen LogP contribution in [0.15, 0.2) is 16.4 Å². The van der Waals surface area contributed by atoms with Crippen LogP contribution < -0.4 is 10.2 Å². The van der Waals surface area contributed by atoms with Gasteiger partial charge in [-0.2, -0.15) is 0 Å². The van der Waals surface area contributed by atoms with Crippen molar-refractivity contribution in [2.75, 3.05) is 26.2 Å². The maximum absolute atomic E-state index is 11.9. The molecule has 0 radical (unpaired) electrons. The SMILES string of the molecule is O=C(Cn1ccsc1=O)N1CCCNCC1. The van der Waals surface area contributed by atoms with Crippen LogP contribution in [0.3, 0.4) is 0 Å². The summed E-state index contributed by atoms with van der Waals surface area (Å²) in [4.78, 5) is 25.0. The molecular formula is C10H15N3O2S. The number of hydrogen-bond donors (Lipinski definition) is 1. The Hall–Kier alpha value is -1.14. The minimum absolute atomic E-state index is 0.0317. The average Bonchev–Trinajstić information content (AvgIpc) is 2.57. The van der Waals surface area contributed by atoms with Crippen LogP contribution in [-0.2, 0) is 11.3 Å². The highest BCUT2D eigenvalue weighted by Crippen LogP contribution is 1.98. The van der Waals surface area contributed by atoms with Crippen LogP contribution in [0.4, 0.5) is 0 Å². The summed E-state index contributed by atoms with van der Waals surface area (Å²) in [7, 11) is 0. The van der Waals surface area contributed by atoms with Gasteiger partial charge in [0.1, 0.15) is 6.54 Å². The van der Waals surface area contributed by atoms with Crippen molar-refractivity contribution < 1.29 is 4.79 Å². The normalized spacial score (nSPS) is 17.1. The molecule has 5 nitrogen and oxygen atoms in total. The molecule has 1 N–H and O–H groups in total. The summed E-state index contributed by atoms with van der Waals surface area (Å²) in [6, 6.07) is 0. The van der Waals surface area contributed by atoms with Crippen molar-refractivity contribution in [3.8, 4) is 0 Å². The number of hydrogen-bond acceptors (Lipinski definition) is 4. The van der Waals surface area contributed by atoms with Crippen molar-refractivity contribution in [2.24, 2.45) is 0 Å². The summed E-state index contributed by atoms with van der Waals surface area (Å²) >= 11 is 1.12. The van der Waals surface area contributed by atoms with E-state index in [-0.39, 0.29) is 17.3 Å². The summed E-state index contributed by atoms with van der Waals surface area (Å²) in [5.41, 5.74) is 0. The number of carbonyl (C=O) groups is 1. The molecule has 1 amide bonds. The van der Waals surface area contributed by atoms with Crippen LogP contribution in [-0.4, -0.2) is 41.6 Å². The zero-order valence-electron chi connectivity index (χ0n) is 9.02. The Bertz CT molecular complexity index is 404. The summed E-state index contributed by atoms with van der Waals surface area (Å²) in [6.07, 6.45) is 2.64. The lowest BCUT2D eigenvalue weighted by atomic mass is 10.4. The monoisotopic (exact) mass is 241 g/mol. The quantitative estimate of drug-likeness (QED) is 0.775. The van der Waals surface area contributed by atoms with Crippen LogP contribution in [0.2, 0.25) is 0 Å². The highest BCUT2D eigenvalue weighted by Gasteiger charge is 2.15. The maximum atomic E-state index is 11.9. The molecule has 0 atom stereocenters. The number of thiazole rings is 1. The fourth-order valence-corrected chi connectivity index (χ4v) is 2.33. The van der Waals surface area contributed by atoms with Crippen molar-refractivity contribution in [1.29, 1.82) is 0 Å². The zero-order chi connectivity index (χ0) is 11.4. The number of nitrogens with one attached hydrogen (secondary N) is 1. The van der Waals surface area contributed by atoms with Crippen LogP contribution >= 0.6 is 11.3 Å². The lowest BCUT2D eigenvalue weighted by Gasteiger charge is -2.19. The van der Waals surface area contributed by atoms with Crippen molar-refractivity contribution in [3.05, 3.63) is 21.2 Å². The van der Waals surface area contributed by atoms with Crippen molar-refractivity contribution in [3.63, 3.8) is 0 Å². The van der Waals surface area contributed by atoms with E-state index < -0.39 is 0 Å². The lowest BCUT2D eigenvalue weighted by molar-refractivity contribution is -0.131. The molecule has 0 spiro atoms. The van der Waals surface area contributed by atoms with Gasteiger partial charge < -0.3 is 10.2 Å². The van der Waals surface area contributed by atoms with Crippen molar-refractivity contribution in [2.45, 2.75) is 13.0 Å². The Morgan fingerprint density at radius 3 is 3.06 bits per heavy atom. The van der Waals surface area contributed by atoms with Crippen LogP contribution in [0.5, 0.6) is 0 Å². The first kappa shape index (κ1) is 11.3. The van der Waals surface area contributed by atoms with E-state index in [4.69, 9.17) is 0 Å². The summed E-state index contributed by atoms with van der Waals surface area (Å²) in [6.45, 7) is 3.48. The molecule has 0 saturated carbocycles. The van der Waals surface area contributed by atoms with E-state index in [1.807, 2.05) is 4.90 Å². The molecule has 0 aromatic carbocycles. The second-order valence-corrected chi connectivity index (χ2v) is 4.64. The molecule has 6 heteroatoms. The number of carbonyl (C=O) groups excluding carboxylic acids is 1. The smallest absolute Gasteiger partial charge is 0.307 e. The Morgan fingerprint density at radius 1 is 1.44 bits per heavy atom. The standard InChI is InChI=1S/C10H15N3O2S/c14-9(8-13-6-7-16-10(13)15)12-4-1-2-11-3-5-12/h6-7,11H,1-5,8H2. The largest absolute Gasteiger partial charge is 0.340 e. The molecule has 0 aliphatic carbocycles. The minimum atomic E-state index is -0.0682. The van der Waals surface area contributed by atoms with E-state index in [0.717, 1.165) is 43.9 Å². The first-order valence-corrected chi connectivity index (χ1v) is 6.28. The van der Waals surface area contributed by atoms with Gasteiger partial charge in [-0.25, -0.2) is 0 Å². The summed E-state index contributed by atoms with van der Waals surface area (Å²) in [5.74, 6) is 0.0317. The van der Waals surface area contributed by atoms with Gasteiger partial charge in [-0.3, -0.25) is 14.2 Å². The highest BCUT2D eigenvalue weighted by atomic mass is 32.1. The Balaban J connectivity index is 1.97. The van der Waals surface area contributed by atoms with Gasteiger partial charge in [0, 0.05) is 31.2 Å². The molecule has 1 aromatic heterocycles. The van der Waals surface area contributed by atoms with Crippen molar-refractivity contribution in [1.82, 2.24) is 14.8 Å². The van der Waals surface area contributed by atoms with Gasteiger partial charge in [-0.05, 0) is 13.0 Å². The molecular weight excluding hydrogens is 226 g/mol. The number of rotatable bonds is 2. The van der Waals surface area contributed by atoms with E-state index in [1.165, 1.54) is 4.57 Å². The van der Waals surface area contributed by atoms with E-state index >= 15 is 0 Å². The minimum Gasteiger partial charge on any atom is -0.340 e. The van der Waals surface area contributed by atoms with Gasteiger partial charge >= 0.3 is 4.87 Å². The molecule has 1 fully saturated rings. The van der Waals surface area contributed by atoms with Gasteiger partial charge in [0.25, 0.3) is 0 Å². The topological polar surface area (TPSA) is 54.3 Å². The lowest BCUT2D eigenvalue weighted by Crippen LogP contribution is -2.37. The van der Waals surface area contributed by atoms with Crippen LogP contribution in [0, 0.1) is 0 Å². The fourth-order valence-electron chi connectivity index (χ4n) is 1.75.